The topological polar surface area (TPSA) is 32.8 Å². The summed E-state index contributed by atoms with van der Waals surface area (Å²) in [6, 6.07) is 4.36. The van der Waals surface area contributed by atoms with Gasteiger partial charge in [0, 0.05) is 26.2 Å². The molecule has 1 aromatic carbocycles. The average molecular weight is 413 g/mol. The van der Waals surface area contributed by atoms with Crippen LogP contribution in [0, 0.1) is 28.6 Å². The van der Waals surface area contributed by atoms with Crippen molar-refractivity contribution in [2.75, 3.05) is 31.2 Å². The van der Waals surface area contributed by atoms with Crippen molar-refractivity contribution in [1.82, 2.24) is 4.90 Å². The third-order valence-corrected chi connectivity index (χ3v) is 9.85. The summed E-state index contributed by atoms with van der Waals surface area (Å²) in [5.74, 6) is 3.06. The highest BCUT2D eigenvalue weighted by molar-refractivity contribution is 6.33. The molecular weight excluding hydrogens is 384 g/mol. The molecule has 0 aromatic heterocycles. The van der Waals surface area contributed by atoms with Gasteiger partial charge in [0.25, 0.3) is 0 Å². The van der Waals surface area contributed by atoms with Crippen LogP contribution in [0.25, 0.3) is 0 Å². The number of rotatable bonds is 2. The van der Waals surface area contributed by atoms with Crippen molar-refractivity contribution in [3.63, 3.8) is 0 Å². The number of anilines is 1. The largest absolute Gasteiger partial charge is 0.378 e. The fourth-order valence-electron chi connectivity index (χ4n) is 8.54. The van der Waals surface area contributed by atoms with E-state index in [9.17, 15) is 4.79 Å². The summed E-state index contributed by atoms with van der Waals surface area (Å²) in [6.07, 6.45) is 7.76. The predicted octanol–water partition coefficient (Wildman–Crippen LogP) is 4.24. The Hall–Kier alpha value is -1.26. The second kappa shape index (κ2) is 5.70. The number of benzene rings is 1. The van der Waals surface area contributed by atoms with E-state index >= 15 is 0 Å². The van der Waals surface area contributed by atoms with Gasteiger partial charge in [0.2, 0.25) is 5.91 Å². The highest BCUT2D eigenvalue weighted by Gasteiger charge is 2.72. The van der Waals surface area contributed by atoms with E-state index in [-0.39, 0.29) is 5.41 Å². The molecule has 1 aromatic rings. The first-order valence-corrected chi connectivity index (χ1v) is 11.9. The Morgan fingerprint density at radius 3 is 2.66 bits per heavy atom. The predicted molar refractivity (Wildman–Crippen MR) is 112 cm³/mol. The van der Waals surface area contributed by atoms with Crippen molar-refractivity contribution in [3.8, 4) is 0 Å². The standard InChI is InChI=1S/C24H29ClN2O2/c25-20-6-16-12-27(13-17(16)7-21(20)26-1-3-29-4-2-26)22(28)23-9-15-5-18-8-19(11-23)24(18,10-15)14-23/h6-7,15,18-19H,1-5,8-14H2. The SMILES string of the molecule is O=C(N1Cc2cc(Cl)c(N3CCOCC3)cc2C1)C12CC3CC4CC(C1)C4(C3)C2. The van der Waals surface area contributed by atoms with Crippen LogP contribution < -0.4 is 4.90 Å². The number of hydrogen-bond acceptors (Lipinski definition) is 3. The third-order valence-electron chi connectivity index (χ3n) is 9.55. The fraction of sp³-hybridized carbons (Fsp3) is 0.708. The van der Waals surface area contributed by atoms with E-state index in [1.54, 1.807) is 0 Å². The lowest BCUT2D eigenvalue weighted by Crippen LogP contribution is -2.44. The molecule has 6 aliphatic rings. The Morgan fingerprint density at radius 1 is 1.03 bits per heavy atom. The molecule has 7 rings (SSSR count). The van der Waals surface area contributed by atoms with Crippen LogP contribution >= 0.6 is 11.6 Å². The molecule has 29 heavy (non-hydrogen) atoms. The molecule has 2 aliphatic heterocycles. The van der Waals surface area contributed by atoms with Gasteiger partial charge in [0.1, 0.15) is 0 Å². The molecule has 1 amide bonds. The molecule has 5 fully saturated rings. The minimum atomic E-state index is -0.0439. The van der Waals surface area contributed by atoms with Crippen molar-refractivity contribution < 1.29 is 9.53 Å². The zero-order chi connectivity index (χ0) is 19.4. The van der Waals surface area contributed by atoms with Gasteiger partial charge in [0.15, 0.2) is 0 Å². The summed E-state index contributed by atoms with van der Waals surface area (Å²) in [4.78, 5) is 18.3. The summed E-state index contributed by atoms with van der Waals surface area (Å²) < 4.78 is 5.49. The maximum Gasteiger partial charge on any atom is 0.229 e. The molecule has 4 nitrogen and oxygen atoms in total. The van der Waals surface area contributed by atoms with Gasteiger partial charge < -0.3 is 14.5 Å². The molecule has 2 heterocycles. The van der Waals surface area contributed by atoms with E-state index in [1.165, 1.54) is 43.2 Å². The Morgan fingerprint density at radius 2 is 1.83 bits per heavy atom. The maximum absolute atomic E-state index is 13.9. The van der Waals surface area contributed by atoms with Crippen LogP contribution in [0.5, 0.6) is 0 Å². The van der Waals surface area contributed by atoms with Crippen molar-refractivity contribution >= 4 is 23.2 Å². The van der Waals surface area contributed by atoms with E-state index < -0.39 is 0 Å². The quantitative estimate of drug-likeness (QED) is 0.728. The zero-order valence-corrected chi connectivity index (χ0v) is 17.7. The number of fused-ring (bicyclic) bond motifs is 3. The van der Waals surface area contributed by atoms with Gasteiger partial charge in [0.05, 0.1) is 29.3 Å². The second-order valence-corrected chi connectivity index (χ2v) is 11.3. The van der Waals surface area contributed by atoms with Gasteiger partial charge in [-0.2, -0.15) is 0 Å². The van der Waals surface area contributed by atoms with E-state index in [0.29, 0.717) is 11.3 Å². The lowest BCUT2D eigenvalue weighted by Gasteiger charge is -2.49. The first-order valence-electron chi connectivity index (χ1n) is 11.5. The third kappa shape index (κ3) is 2.23. The van der Waals surface area contributed by atoms with Crippen LogP contribution in [-0.4, -0.2) is 37.1 Å². The van der Waals surface area contributed by atoms with Crippen molar-refractivity contribution in [3.05, 3.63) is 28.3 Å². The van der Waals surface area contributed by atoms with Gasteiger partial charge in [-0.1, -0.05) is 11.6 Å². The maximum atomic E-state index is 13.9. The first kappa shape index (κ1) is 17.4. The van der Waals surface area contributed by atoms with Gasteiger partial charge in [-0.05, 0) is 85.0 Å². The van der Waals surface area contributed by atoms with Crippen LogP contribution in [-0.2, 0) is 22.6 Å². The molecule has 4 saturated carbocycles. The number of halogens is 1. The summed E-state index contributed by atoms with van der Waals surface area (Å²) in [7, 11) is 0. The molecule has 0 N–H and O–H groups in total. The number of morpholine rings is 1. The number of ether oxygens (including phenoxy) is 1. The summed E-state index contributed by atoms with van der Waals surface area (Å²) in [5, 5.41) is 0.814. The fourth-order valence-corrected chi connectivity index (χ4v) is 8.85. The van der Waals surface area contributed by atoms with Crippen LogP contribution in [0.4, 0.5) is 5.69 Å². The van der Waals surface area contributed by atoms with Crippen molar-refractivity contribution in [1.29, 1.82) is 0 Å². The summed E-state index contributed by atoms with van der Waals surface area (Å²) >= 11 is 6.66. The van der Waals surface area contributed by atoms with Crippen molar-refractivity contribution in [2.45, 2.75) is 51.6 Å². The van der Waals surface area contributed by atoms with Crippen LogP contribution in [0.3, 0.4) is 0 Å². The lowest BCUT2D eigenvalue weighted by atomic mass is 9.55. The van der Waals surface area contributed by atoms with E-state index in [2.05, 4.69) is 21.9 Å². The van der Waals surface area contributed by atoms with E-state index in [1.807, 2.05) is 0 Å². The normalized spacial score (nSPS) is 41.5. The van der Waals surface area contributed by atoms with E-state index in [4.69, 9.17) is 16.3 Å². The second-order valence-electron chi connectivity index (χ2n) is 10.9. The lowest BCUT2D eigenvalue weighted by molar-refractivity contribution is -0.145. The Labute approximate surface area is 177 Å². The molecular formula is C24H29ClN2O2. The number of hydrogen-bond donors (Lipinski definition) is 0. The number of carbonyl (C=O) groups excluding carboxylic acids is 1. The molecule has 154 valence electrons. The van der Waals surface area contributed by atoms with Crippen LogP contribution in [0.15, 0.2) is 12.1 Å². The average Bonchev–Trinajstić information content (AvgIpc) is 3.28. The van der Waals surface area contributed by atoms with Crippen LogP contribution in [0.2, 0.25) is 5.02 Å². The van der Waals surface area contributed by atoms with Gasteiger partial charge >= 0.3 is 0 Å². The van der Waals surface area contributed by atoms with Crippen LogP contribution in [0.1, 0.15) is 49.7 Å². The molecule has 5 heteroatoms. The Balaban J connectivity index is 1.16. The minimum Gasteiger partial charge on any atom is -0.378 e. The summed E-state index contributed by atoms with van der Waals surface area (Å²) in [5.41, 5.74) is 4.16. The van der Waals surface area contributed by atoms with Gasteiger partial charge in [-0.3, -0.25) is 4.79 Å². The Bertz CT molecular complexity index is 908. The number of nitrogens with zero attached hydrogens (tertiary/aromatic N) is 2. The molecule has 1 spiro atoms. The van der Waals surface area contributed by atoms with E-state index in [0.717, 1.165) is 74.3 Å². The first-order chi connectivity index (χ1) is 14.1. The highest BCUT2D eigenvalue weighted by atomic mass is 35.5. The smallest absolute Gasteiger partial charge is 0.229 e. The molecule has 0 radical (unpaired) electrons. The van der Waals surface area contributed by atoms with Crippen molar-refractivity contribution in [2.24, 2.45) is 28.6 Å². The highest BCUT2D eigenvalue weighted by Crippen LogP contribution is 2.79. The molecule has 3 bridgehead atoms. The number of carbonyl (C=O) groups is 1. The summed E-state index contributed by atoms with van der Waals surface area (Å²) in [6.45, 7) is 4.78. The minimum absolute atomic E-state index is 0.0439. The molecule has 1 saturated heterocycles. The molecule has 5 unspecified atom stereocenters. The molecule has 5 atom stereocenters. The Kier molecular flexibility index (Phi) is 3.43. The molecule has 4 aliphatic carbocycles. The monoisotopic (exact) mass is 412 g/mol. The van der Waals surface area contributed by atoms with Gasteiger partial charge in [-0.15, -0.1) is 0 Å². The zero-order valence-electron chi connectivity index (χ0n) is 17.0. The van der Waals surface area contributed by atoms with Gasteiger partial charge in [-0.25, -0.2) is 0 Å². The number of amides is 1.